The van der Waals surface area contributed by atoms with Gasteiger partial charge >= 0.3 is 0 Å². The molecule has 2 aromatic rings. The Hall–Kier alpha value is -2.20. The number of Topliss-reactive ketones (excluding diaryl/α,β-unsaturated/α-hetero) is 1. The van der Waals surface area contributed by atoms with Crippen molar-refractivity contribution in [2.45, 2.75) is 39.0 Å². The lowest BCUT2D eigenvalue weighted by atomic mass is 9.98. The number of carbonyl (C=O) groups is 2. The van der Waals surface area contributed by atoms with Gasteiger partial charge in [-0.3, -0.25) is 14.8 Å². The van der Waals surface area contributed by atoms with Gasteiger partial charge in [0.05, 0.1) is 5.92 Å². The number of fused-ring (bicyclic) bond motifs is 1. The number of hydroxylamine groups is 1. The van der Waals surface area contributed by atoms with Crippen LogP contribution >= 0.6 is 0 Å². The molecule has 1 atom stereocenters. The van der Waals surface area contributed by atoms with E-state index in [0.29, 0.717) is 6.42 Å². The minimum atomic E-state index is -0.777. The molecule has 0 bridgehead atoms. The predicted molar refractivity (Wildman–Crippen MR) is 90.2 cm³/mol. The van der Waals surface area contributed by atoms with Gasteiger partial charge in [-0.15, -0.1) is 0 Å². The Morgan fingerprint density at radius 2 is 1.78 bits per heavy atom. The molecule has 2 rings (SSSR count). The summed E-state index contributed by atoms with van der Waals surface area (Å²) in [6.45, 7) is 1.52. The Labute approximate surface area is 136 Å². The number of benzene rings is 2. The Morgan fingerprint density at radius 3 is 2.52 bits per heavy atom. The molecule has 0 aliphatic rings. The molecule has 122 valence electrons. The van der Waals surface area contributed by atoms with Crippen LogP contribution in [-0.2, 0) is 16.0 Å². The number of rotatable bonds is 8. The number of amides is 1. The van der Waals surface area contributed by atoms with Crippen LogP contribution in [0.1, 0.15) is 38.2 Å². The second kappa shape index (κ2) is 8.44. The summed E-state index contributed by atoms with van der Waals surface area (Å²) >= 11 is 0. The summed E-state index contributed by atoms with van der Waals surface area (Å²) in [6.07, 6.45) is 4.12. The fraction of sp³-hybridized carbons (Fsp3) is 0.368. The van der Waals surface area contributed by atoms with Crippen molar-refractivity contribution in [1.82, 2.24) is 5.48 Å². The molecule has 0 radical (unpaired) electrons. The normalized spacial score (nSPS) is 12.1. The Bertz CT molecular complexity index is 681. The van der Waals surface area contributed by atoms with Crippen LogP contribution < -0.4 is 5.48 Å². The molecule has 1 unspecified atom stereocenters. The van der Waals surface area contributed by atoms with E-state index in [1.54, 1.807) is 0 Å². The molecule has 4 heteroatoms. The number of ketones is 1. The zero-order valence-electron chi connectivity index (χ0n) is 13.4. The first kappa shape index (κ1) is 17.2. The number of unbranched alkanes of at least 4 members (excludes halogenated alkanes) is 2. The van der Waals surface area contributed by atoms with Crippen molar-refractivity contribution in [2.75, 3.05) is 0 Å². The van der Waals surface area contributed by atoms with E-state index in [1.807, 2.05) is 12.1 Å². The van der Waals surface area contributed by atoms with E-state index in [9.17, 15) is 9.59 Å². The van der Waals surface area contributed by atoms with Crippen molar-refractivity contribution in [3.63, 3.8) is 0 Å². The third-order valence-corrected chi connectivity index (χ3v) is 4.19. The minimum absolute atomic E-state index is 0.123. The fourth-order valence-corrected chi connectivity index (χ4v) is 2.66. The van der Waals surface area contributed by atoms with Gasteiger partial charge in [-0.05, 0) is 42.5 Å². The maximum atomic E-state index is 11.8. The van der Waals surface area contributed by atoms with Crippen LogP contribution in [0.5, 0.6) is 0 Å². The lowest BCUT2D eigenvalue weighted by Gasteiger charge is -2.08. The summed E-state index contributed by atoms with van der Waals surface area (Å²) in [7, 11) is 0. The van der Waals surface area contributed by atoms with Gasteiger partial charge in [0.2, 0.25) is 0 Å². The standard InChI is InChI=1S/C19H23NO3/c1-14(19(22)20-23)18(21)10-4-2-3-7-15-11-12-16-8-5-6-9-17(16)13-15/h5-6,8-9,11-14,23H,2-4,7,10H2,1H3,(H,20,22). The van der Waals surface area contributed by atoms with Crippen molar-refractivity contribution in [1.29, 1.82) is 0 Å². The molecule has 4 nitrogen and oxygen atoms in total. The van der Waals surface area contributed by atoms with Gasteiger partial charge in [-0.25, -0.2) is 5.48 Å². The van der Waals surface area contributed by atoms with Crippen molar-refractivity contribution in [2.24, 2.45) is 5.92 Å². The van der Waals surface area contributed by atoms with Crippen LogP contribution in [0.3, 0.4) is 0 Å². The molecule has 0 spiro atoms. The van der Waals surface area contributed by atoms with Gasteiger partial charge in [-0.1, -0.05) is 48.9 Å². The van der Waals surface area contributed by atoms with E-state index in [4.69, 9.17) is 5.21 Å². The highest BCUT2D eigenvalue weighted by Crippen LogP contribution is 2.17. The van der Waals surface area contributed by atoms with Crippen LogP contribution in [0.2, 0.25) is 0 Å². The SMILES string of the molecule is CC(C(=O)CCCCCc1ccc2ccccc2c1)C(=O)NO. The number of aryl methyl sites for hydroxylation is 1. The average molecular weight is 313 g/mol. The van der Waals surface area contributed by atoms with Crippen LogP contribution in [0.15, 0.2) is 42.5 Å². The molecule has 2 aromatic carbocycles. The number of hydrogen-bond acceptors (Lipinski definition) is 3. The highest BCUT2D eigenvalue weighted by atomic mass is 16.5. The lowest BCUT2D eigenvalue weighted by molar-refractivity contribution is -0.139. The molecule has 0 fully saturated rings. The monoisotopic (exact) mass is 313 g/mol. The first-order valence-electron chi connectivity index (χ1n) is 8.06. The highest BCUT2D eigenvalue weighted by molar-refractivity contribution is 6.00. The molecule has 0 saturated heterocycles. The highest BCUT2D eigenvalue weighted by Gasteiger charge is 2.19. The van der Waals surface area contributed by atoms with Gasteiger partial charge in [0, 0.05) is 6.42 Å². The average Bonchev–Trinajstić information content (AvgIpc) is 2.59. The molecule has 0 aromatic heterocycles. The number of nitrogens with one attached hydrogen (secondary N) is 1. The smallest absolute Gasteiger partial charge is 0.253 e. The van der Waals surface area contributed by atoms with E-state index in [-0.39, 0.29) is 5.78 Å². The quantitative estimate of drug-likeness (QED) is 0.338. The second-order valence-corrected chi connectivity index (χ2v) is 5.91. The fourth-order valence-electron chi connectivity index (χ4n) is 2.66. The van der Waals surface area contributed by atoms with Crippen molar-refractivity contribution in [3.05, 3.63) is 48.0 Å². The predicted octanol–water partition coefficient (Wildman–Crippen LogP) is 3.65. The Morgan fingerprint density at radius 1 is 1.04 bits per heavy atom. The molecule has 0 saturated carbocycles. The largest absolute Gasteiger partial charge is 0.299 e. The molecule has 0 heterocycles. The first-order chi connectivity index (χ1) is 11.1. The molecule has 0 aliphatic heterocycles. The van der Waals surface area contributed by atoms with Crippen molar-refractivity contribution in [3.8, 4) is 0 Å². The summed E-state index contributed by atoms with van der Waals surface area (Å²) in [5.74, 6) is -1.53. The third kappa shape index (κ3) is 4.89. The van der Waals surface area contributed by atoms with Gasteiger partial charge < -0.3 is 0 Å². The molecule has 2 N–H and O–H groups in total. The van der Waals surface area contributed by atoms with Gasteiger partial charge in [-0.2, -0.15) is 0 Å². The topological polar surface area (TPSA) is 66.4 Å². The maximum Gasteiger partial charge on any atom is 0.253 e. The first-order valence-corrected chi connectivity index (χ1v) is 8.06. The Balaban J connectivity index is 1.72. The van der Waals surface area contributed by atoms with Crippen LogP contribution in [0, 0.1) is 5.92 Å². The van der Waals surface area contributed by atoms with Gasteiger partial charge in [0.25, 0.3) is 5.91 Å². The summed E-state index contributed by atoms with van der Waals surface area (Å²) in [5, 5.41) is 11.0. The maximum absolute atomic E-state index is 11.8. The van der Waals surface area contributed by atoms with Gasteiger partial charge in [0.1, 0.15) is 5.78 Å². The van der Waals surface area contributed by atoms with E-state index in [1.165, 1.54) is 28.7 Å². The molecule has 0 aliphatic carbocycles. The van der Waals surface area contributed by atoms with Crippen LogP contribution in [0.25, 0.3) is 10.8 Å². The molecular formula is C19H23NO3. The Kier molecular flexibility index (Phi) is 6.29. The second-order valence-electron chi connectivity index (χ2n) is 5.91. The number of hydrogen-bond donors (Lipinski definition) is 2. The zero-order chi connectivity index (χ0) is 16.7. The third-order valence-electron chi connectivity index (χ3n) is 4.19. The zero-order valence-corrected chi connectivity index (χ0v) is 13.4. The lowest BCUT2D eigenvalue weighted by Crippen LogP contribution is -2.31. The summed E-state index contributed by atoms with van der Waals surface area (Å²) in [5.41, 5.74) is 2.83. The summed E-state index contributed by atoms with van der Waals surface area (Å²) < 4.78 is 0. The van der Waals surface area contributed by atoms with Crippen LogP contribution in [-0.4, -0.2) is 16.9 Å². The molecule has 23 heavy (non-hydrogen) atoms. The van der Waals surface area contributed by atoms with Crippen molar-refractivity contribution < 1.29 is 14.8 Å². The number of carbonyl (C=O) groups excluding carboxylic acids is 2. The minimum Gasteiger partial charge on any atom is -0.299 e. The van der Waals surface area contributed by atoms with Crippen molar-refractivity contribution >= 4 is 22.5 Å². The summed E-state index contributed by atoms with van der Waals surface area (Å²) in [6, 6.07) is 14.8. The van der Waals surface area contributed by atoms with E-state index in [2.05, 4.69) is 30.3 Å². The van der Waals surface area contributed by atoms with E-state index in [0.717, 1.165) is 25.7 Å². The summed E-state index contributed by atoms with van der Waals surface area (Å²) in [4.78, 5) is 22.9. The molecular weight excluding hydrogens is 290 g/mol. The van der Waals surface area contributed by atoms with Gasteiger partial charge in [0.15, 0.2) is 0 Å². The van der Waals surface area contributed by atoms with E-state index >= 15 is 0 Å². The van der Waals surface area contributed by atoms with E-state index < -0.39 is 11.8 Å². The van der Waals surface area contributed by atoms with Crippen LogP contribution in [0.4, 0.5) is 0 Å². The molecule has 1 amide bonds.